The van der Waals surface area contributed by atoms with Crippen LogP contribution in [0.25, 0.3) is 0 Å². The Kier molecular flexibility index (Phi) is 4.71. The SMILES string of the molecule is CN1CCc2cc(CN(CCO)Cc3cccnc3)ccc21. The highest BCUT2D eigenvalue weighted by atomic mass is 16.3. The molecule has 0 fully saturated rings. The Morgan fingerprint density at radius 2 is 2.09 bits per heavy atom. The molecule has 116 valence electrons. The van der Waals surface area contributed by atoms with E-state index >= 15 is 0 Å². The van der Waals surface area contributed by atoms with Crippen molar-refractivity contribution in [2.45, 2.75) is 19.5 Å². The van der Waals surface area contributed by atoms with E-state index in [0.717, 1.165) is 26.1 Å². The van der Waals surface area contributed by atoms with E-state index in [2.05, 4.69) is 46.1 Å². The Hall–Kier alpha value is -1.91. The molecule has 0 bridgehead atoms. The molecule has 2 heterocycles. The molecular weight excluding hydrogens is 274 g/mol. The lowest BCUT2D eigenvalue weighted by molar-refractivity contribution is 0.184. The number of fused-ring (bicyclic) bond motifs is 1. The standard InChI is InChI=1S/C18H23N3O/c1-20-8-6-17-11-15(4-5-18(17)20)13-21(9-10-22)14-16-3-2-7-19-12-16/h2-5,7,11-12,22H,6,8-10,13-14H2,1H3. The molecule has 2 aromatic rings. The minimum atomic E-state index is 0.175. The molecule has 0 unspecified atom stereocenters. The van der Waals surface area contributed by atoms with Crippen LogP contribution in [0.2, 0.25) is 0 Å². The van der Waals surface area contributed by atoms with Crippen LogP contribution in [-0.4, -0.2) is 41.7 Å². The zero-order valence-electron chi connectivity index (χ0n) is 13.1. The van der Waals surface area contributed by atoms with Crippen LogP contribution in [0.1, 0.15) is 16.7 Å². The molecule has 0 atom stereocenters. The molecule has 0 radical (unpaired) electrons. The van der Waals surface area contributed by atoms with Crippen molar-refractivity contribution in [2.75, 3.05) is 31.6 Å². The summed E-state index contributed by atoms with van der Waals surface area (Å²) in [5.74, 6) is 0. The van der Waals surface area contributed by atoms with Gasteiger partial charge in [0.15, 0.2) is 0 Å². The summed E-state index contributed by atoms with van der Waals surface area (Å²) in [6, 6.07) is 10.8. The van der Waals surface area contributed by atoms with E-state index in [1.165, 1.54) is 22.4 Å². The van der Waals surface area contributed by atoms with E-state index in [-0.39, 0.29) is 6.61 Å². The Balaban J connectivity index is 1.71. The molecule has 0 saturated carbocycles. The monoisotopic (exact) mass is 297 g/mol. The molecule has 4 heteroatoms. The Morgan fingerprint density at radius 1 is 1.23 bits per heavy atom. The number of anilines is 1. The molecule has 4 nitrogen and oxygen atoms in total. The van der Waals surface area contributed by atoms with Crippen molar-refractivity contribution in [3.63, 3.8) is 0 Å². The molecule has 1 aromatic carbocycles. The van der Waals surface area contributed by atoms with Crippen molar-refractivity contribution < 1.29 is 5.11 Å². The third-order valence-electron chi connectivity index (χ3n) is 4.22. The average molecular weight is 297 g/mol. The fourth-order valence-corrected chi connectivity index (χ4v) is 3.08. The van der Waals surface area contributed by atoms with Gasteiger partial charge in [-0.1, -0.05) is 18.2 Å². The van der Waals surface area contributed by atoms with Crippen LogP contribution in [0.4, 0.5) is 5.69 Å². The maximum absolute atomic E-state index is 9.32. The summed E-state index contributed by atoms with van der Waals surface area (Å²) in [4.78, 5) is 8.73. The van der Waals surface area contributed by atoms with E-state index in [1.807, 2.05) is 12.3 Å². The third-order valence-corrected chi connectivity index (χ3v) is 4.22. The fraction of sp³-hybridized carbons (Fsp3) is 0.389. The van der Waals surface area contributed by atoms with Gasteiger partial charge < -0.3 is 10.0 Å². The molecule has 22 heavy (non-hydrogen) atoms. The second kappa shape index (κ2) is 6.90. The number of pyridine rings is 1. The summed E-state index contributed by atoms with van der Waals surface area (Å²) >= 11 is 0. The summed E-state index contributed by atoms with van der Waals surface area (Å²) in [7, 11) is 2.14. The van der Waals surface area contributed by atoms with Crippen molar-refractivity contribution >= 4 is 5.69 Å². The molecule has 1 aliphatic rings. The Labute approximate surface area is 132 Å². The summed E-state index contributed by atoms with van der Waals surface area (Å²) in [5, 5.41) is 9.32. The fourth-order valence-electron chi connectivity index (χ4n) is 3.08. The predicted molar refractivity (Wildman–Crippen MR) is 88.9 cm³/mol. The zero-order chi connectivity index (χ0) is 15.4. The van der Waals surface area contributed by atoms with Gasteiger partial charge in [-0.15, -0.1) is 0 Å². The van der Waals surface area contributed by atoms with Gasteiger partial charge >= 0.3 is 0 Å². The highest BCUT2D eigenvalue weighted by molar-refractivity contribution is 5.58. The first-order valence-electron chi connectivity index (χ1n) is 7.81. The number of aliphatic hydroxyl groups excluding tert-OH is 1. The molecule has 1 aliphatic heterocycles. The number of rotatable bonds is 6. The van der Waals surface area contributed by atoms with Crippen molar-refractivity contribution in [3.8, 4) is 0 Å². The number of hydrogen-bond donors (Lipinski definition) is 1. The molecule has 1 aromatic heterocycles. The van der Waals surface area contributed by atoms with E-state index in [0.29, 0.717) is 6.54 Å². The minimum absolute atomic E-state index is 0.175. The zero-order valence-corrected chi connectivity index (χ0v) is 13.1. The molecule has 0 saturated heterocycles. The van der Waals surface area contributed by atoms with Gasteiger partial charge in [0.25, 0.3) is 0 Å². The van der Waals surface area contributed by atoms with Crippen LogP contribution in [-0.2, 0) is 19.5 Å². The smallest absolute Gasteiger partial charge is 0.0558 e. The van der Waals surface area contributed by atoms with E-state index in [9.17, 15) is 5.11 Å². The van der Waals surface area contributed by atoms with Crippen molar-refractivity contribution in [1.82, 2.24) is 9.88 Å². The first-order chi connectivity index (χ1) is 10.8. The number of likely N-dealkylation sites (N-methyl/N-ethyl adjacent to an activating group) is 1. The van der Waals surface area contributed by atoms with Crippen LogP contribution in [0.5, 0.6) is 0 Å². The lowest BCUT2D eigenvalue weighted by Crippen LogP contribution is -2.26. The molecule has 1 N–H and O–H groups in total. The molecule has 0 amide bonds. The number of benzene rings is 1. The Bertz CT molecular complexity index is 615. The highest BCUT2D eigenvalue weighted by Gasteiger charge is 2.16. The van der Waals surface area contributed by atoms with E-state index < -0.39 is 0 Å². The number of nitrogens with zero attached hydrogens (tertiary/aromatic N) is 3. The molecular formula is C18H23N3O. The quantitative estimate of drug-likeness (QED) is 0.886. The second-order valence-corrected chi connectivity index (χ2v) is 5.93. The third kappa shape index (κ3) is 3.46. The van der Waals surface area contributed by atoms with Crippen molar-refractivity contribution in [3.05, 3.63) is 59.4 Å². The van der Waals surface area contributed by atoms with Gasteiger partial charge in [0, 0.05) is 51.3 Å². The maximum atomic E-state index is 9.32. The average Bonchev–Trinajstić information content (AvgIpc) is 2.89. The minimum Gasteiger partial charge on any atom is -0.395 e. The van der Waals surface area contributed by atoms with Gasteiger partial charge in [-0.05, 0) is 35.2 Å². The lowest BCUT2D eigenvalue weighted by Gasteiger charge is -2.22. The van der Waals surface area contributed by atoms with Crippen molar-refractivity contribution in [1.29, 1.82) is 0 Å². The van der Waals surface area contributed by atoms with Crippen LogP contribution in [0.3, 0.4) is 0 Å². The summed E-state index contributed by atoms with van der Waals surface area (Å²) in [6.45, 7) is 3.62. The first kappa shape index (κ1) is 15.0. The van der Waals surface area contributed by atoms with Gasteiger partial charge in [0.05, 0.1) is 6.61 Å². The van der Waals surface area contributed by atoms with Gasteiger partial charge in [0.1, 0.15) is 0 Å². The van der Waals surface area contributed by atoms with Gasteiger partial charge in [0.2, 0.25) is 0 Å². The largest absolute Gasteiger partial charge is 0.395 e. The summed E-state index contributed by atoms with van der Waals surface area (Å²) in [6.07, 6.45) is 4.81. The van der Waals surface area contributed by atoms with Crippen molar-refractivity contribution in [2.24, 2.45) is 0 Å². The lowest BCUT2D eigenvalue weighted by atomic mass is 10.1. The number of hydrogen-bond acceptors (Lipinski definition) is 4. The van der Waals surface area contributed by atoms with E-state index in [4.69, 9.17) is 0 Å². The molecule has 0 aliphatic carbocycles. The van der Waals surface area contributed by atoms with Gasteiger partial charge in [-0.25, -0.2) is 0 Å². The summed E-state index contributed by atoms with van der Waals surface area (Å²) < 4.78 is 0. The number of aromatic nitrogens is 1. The molecule has 0 spiro atoms. The molecule has 3 rings (SSSR count). The van der Waals surface area contributed by atoms with E-state index in [1.54, 1.807) is 6.20 Å². The Morgan fingerprint density at radius 3 is 2.86 bits per heavy atom. The van der Waals surface area contributed by atoms with Gasteiger partial charge in [-0.2, -0.15) is 0 Å². The first-order valence-corrected chi connectivity index (χ1v) is 7.81. The topological polar surface area (TPSA) is 39.6 Å². The summed E-state index contributed by atoms with van der Waals surface area (Å²) in [5.41, 5.74) is 5.28. The van der Waals surface area contributed by atoms with Crippen LogP contribution in [0.15, 0.2) is 42.7 Å². The van der Waals surface area contributed by atoms with Gasteiger partial charge in [-0.3, -0.25) is 9.88 Å². The normalized spacial score (nSPS) is 13.7. The second-order valence-electron chi connectivity index (χ2n) is 5.93. The maximum Gasteiger partial charge on any atom is 0.0558 e. The highest BCUT2D eigenvalue weighted by Crippen LogP contribution is 2.27. The predicted octanol–water partition coefficient (Wildman–Crippen LogP) is 2.07. The van der Waals surface area contributed by atoms with Crippen LogP contribution >= 0.6 is 0 Å². The van der Waals surface area contributed by atoms with Crippen LogP contribution in [0, 0.1) is 0 Å². The van der Waals surface area contributed by atoms with Crippen LogP contribution < -0.4 is 4.90 Å². The number of aliphatic hydroxyl groups is 1.